The third-order valence-corrected chi connectivity index (χ3v) is 6.63. The minimum atomic E-state index is -0.312. The van der Waals surface area contributed by atoms with Gasteiger partial charge in [0.1, 0.15) is 5.75 Å². The molecule has 7 nitrogen and oxygen atoms in total. The maximum atomic E-state index is 12.6. The van der Waals surface area contributed by atoms with Crippen LogP contribution in [0.25, 0.3) is 11.3 Å². The van der Waals surface area contributed by atoms with Crippen LogP contribution < -0.4 is 10.1 Å². The van der Waals surface area contributed by atoms with Crippen LogP contribution in [0.5, 0.6) is 5.75 Å². The highest BCUT2D eigenvalue weighted by Gasteiger charge is 2.20. The Kier molecular flexibility index (Phi) is 7.76. The predicted octanol–water partition coefficient (Wildman–Crippen LogP) is 5.77. The maximum absolute atomic E-state index is 12.6. The van der Waals surface area contributed by atoms with Crippen molar-refractivity contribution in [1.82, 2.24) is 19.7 Å². The van der Waals surface area contributed by atoms with Crippen LogP contribution in [0.15, 0.2) is 77.8 Å². The number of nitrogens with zero attached hydrogens (tertiary/aromatic N) is 4. The summed E-state index contributed by atoms with van der Waals surface area (Å²) in [5.74, 6) is 1.46. The molecule has 2 heterocycles. The summed E-state index contributed by atoms with van der Waals surface area (Å²) in [6.45, 7) is 8.31. The van der Waals surface area contributed by atoms with Crippen LogP contribution in [0.3, 0.4) is 0 Å². The van der Waals surface area contributed by atoms with Crippen molar-refractivity contribution in [2.45, 2.75) is 31.7 Å². The molecule has 2 aromatic carbocycles. The van der Waals surface area contributed by atoms with Gasteiger partial charge in [-0.05, 0) is 26.0 Å². The zero-order valence-electron chi connectivity index (χ0n) is 19.0. The zero-order chi connectivity index (χ0) is 23.9. The highest BCUT2D eigenvalue weighted by molar-refractivity contribution is 7.99. The molecule has 174 valence electrons. The van der Waals surface area contributed by atoms with E-state index in [0.717, 1.165) is 17.0 Å². The van der Waals surface area contributed by atoms with Gasteiger partial charge in [-0.2, -0.15) is 0 Å². The molecular formula is C25H25N5O2S2. The van der Waals surface area contributed by atoms with Gasteiger partial charge < -0.3 is 10.1 Å². The molecule has 0 saturated heterocycles. The number of hydrogen-bond donors (Lipinski definition) is 1. The summed E-state index contributed by atoms with van der Waals surface area (Å²) in [7, 11) is 0. The van der Waals surface area contributed by atoms with E-state index >= 15 is 0 Å². The number of ether oxygens (including phenoxy) is 1. The van der Waals surface area contributed by atoms with E-state index in [4.69, 9.17) is 4.74 Å². The van der Waals surface area contributed by atoms with Gasteiger partial charge >= 0.3 is 0 Å². The van der Waals surface area contributed by atoms with Crippen molar-refractivity contribution in [2.24, 2.45) is 0 Å². The van der Waals surface area contributed by atoms with Crippen LogP contribution in [0, 0.1) is 6.92 Å². The van der Waals surface area contributed by atoms with Gasteiger partial charge in [0.25, 0.3) is 0 Å². The Labute approximate surface area is 206 Å². The van der Waals surface area contributed by atoms with Crippen molar-refractivity contribution >= 4 is 34.1 Å². The fourth-order valence-electron chi connectivity index (χ4n) is 3.24. The number of thioether (sulfide) groups is 1. The molecule has 0 saturated carbocycles. The second-order valence-electron chi connectivity index (χ2n) is 7.55. The van der Waals surface area contributed by atoms with Crippen molar-refractivity contribution in [2.75, 3.05) is 11.1 Å². The molecule has 0 spiro atoms. The summed E-state index contributed by atoms with van der Waals surface area (Å²) in [6, 6.07) is 17.7. The maximum Gasteiger partial charge on any atom is 0.236 e. The first-order chi connectivity index (χ1) is 16.5. The predicted molar refractivity (Wildman–Crippen MR) is 137 cm³/mol. The second kappa shape index (κ2) is 11.1. The number of carbonyl (C=O) groups is 1. The molecule has 4 aromatic rings. The molecule has 1 N–H and O–H groups in total. The Hall–Kier alpha value is -3.43. The Morgan fingerprint density at radius 3 is 2.71 bits per heavy atom. The minimum Gasteiger partial charge on any atom is -0.483 e. The van der Waals surface area contributed by atoms with Crippen molar-refractivity contribution in [3.63, 3.8) is 0 Å². The Balaban J connectivity index is 1.38. The van der Waals surface area contributed by atoms with Gasteiger partial charge in [0.2, 0.25) is 5.91 Å². The Morgan fingerprint density at radius 2 is 1.97 bits per heavy atom. The lowest BCUT2D eigenvalue weighted by atomic mass is 10.1. The van der Waals surface area contributed by atoms with Crippen LogP contribution >= 0.6 is 23.1 Å². The first kappa shape index (κ1) is 23.7. The molecule has 0 fully saturated rings. The van der Waals surface area contributed by atoms with E-state index in [2.05, 4.69) is 27.1 Å². The molecule has 0 aliphatic heterocycles. The highest BCUT2D eigenvalue weighted by Crippen LogP contribution is 2.27. The van der Waals surface area contributed by atoms with Gasteiger partial charge in [-0.3, -0.25) is 9.36 Å². The number of rotatable bonds is 10. The van der Waals surface area contributed by atoms with Crippen molar-refractivity contribution in [3.05, 3.63) is 84.0 Å². The van der Waals surface area contributed by atoms with Gasteiger partial charge in [0, 0.05) is 17.5 Å². The van der Waals surface area contributed by atoms with E-state index in [0.29, 0.717) is 22.7 Å². The summed E-state index contributed by atoms with van der Waals surface area (Å²) in [6.07, 6.45) is 1.46. The van der Waals surface area contributed by atoms with E-state index in [1.165, 1.54) is 28.7 Å². The summed E-state index contributed by atoms with van der Waals surface area (Å²) < 4.78 is 7.91. The van der Waals surface area contributed by atoms with Crippen LogP contribution in [0.4, 0.5) is 5.13 Å². The highest BCUT2D eigenvalue weighted by atomic mass is 32.2. The lowest BCUT2D eigenvalue weighted by molar-refractivity contribution is -0.113. The average Bonchev–Trinajstić information content (AvgIpc) is 3.46. The summed E-state index contributed by atoms with van der Waals surface area (Å²) in [4.78, 5) is 17.1. The third-order valence-electron chi connectivity index (χ3n) is 4.91. The number of hydrogen-bond acceptors (Lipinski definition) is 7. The summed E-state index contributed by atoms with van der Waals surface area (Å²) in [5.41, 5.74) is 3.06. The molecule has 1 amide bonds. The molecule has 4 rings (SSSR count). The molecule has 1 unspecified atom stereocenters. The molecule has 0 bridgehead atoms. The number of aryl methyl sites for hydroxylation is 1. The normalized spacial score (nSPS) is 11.7. The first-order valence-electron chi connectivity index (χ1n) is 10.7. The molecule has 34 heavy (non-hydrogen) atoms. The number of para-hydroxylation sites is 1. The van der Waals surface area contributed by atoms with E-state index in [1.54, 1.807) is 6.08 Å². The Morgan fingerprint density at radius 1 is 1.21 bits per heavy atom. The number of anilines is 1. The molecule has 1 atom stereocenters. The standard InChI is InChI=1S/C25H25N5O2S2/c1-4-14-30-23(18(3)32-20-8-6-5-7-9-20)28-29-25(30)34-16-22(31)27-24-26-21(15-33-24)19-12-10-17(2)11-13-19/h4-13,15,18H,1,14,16H2,2-3H3,(H,26,27,31). The molecule has 2 aromatic heterocycles. The van der Waals surface area contributed by atoms with Gasteiger partial charge in [-0.1, -0.05) is 65.9 Å². The monoisotopic (exact) mass is 491 g/mol. The van der Waals surface area contributed by atoms with Gasteiger partial charge in [0.05, 0.1) is 11.4 Å². The lowest BCUT2D eigenvalue weighted by Crippen LogP contribution is -2.15. The molecule has 0 aliphatic rings. The number of aromatic nitrogens is 4. The number of thiazole rings is 1. The van der Waals surface area contributed by atoms with Crippen LogP contribution in [0.2, 0.25) is 0 Å². The fourth-order valence-corrected chi connectivity index (χ4v) is 4.73. The number of allylic oxidation sites excluding steroid dienone is 1. The Bertz CT molecular complexity index is 1250. The van der Waals surface area contributed by atoms with Gasteiger partial charge in [0.15, 0.2) is 22.2 Å². The van der Waals surface area contributed by atoms with Crippen LogP contribution in [-0.2, 0) is 11.3 Å². The molecule has 0 aliphatic carbocycles. The zero-order valence-corrected chi connectivity index (χ0v) is 20.6. The van der Waals surface area contributed by atoms with Crippen LogP contribution in [-0.4, -0.2) is 31.4 Å². The number of carbonyl (C=O) groups excluding carboxylic acids is 1. The molecular weight excluding hydrogens is 466 g/mol. The van der Waals surface area contributed by atoms with E-state index < -0.39 is 0 Å². The largest absolute Gasteiger partial charge is 0.483 e. The smallest absolute Gasteiger partial charge is 0.236 e. The fraction of sp³-hybridized carbons (Fsp3) is 0.200. The van der Waals surface area contributed by atoms with Gasteiger partial charge in [-0.25, -0.2) is 4.98 Å². The van der Waals surface area contributed by atoms with Gasteiger partial charge in [-0.15, -0.1) is 28.1 Å². The summed E-state index contributed by atoms with van der Waals surface area (Å²) in [5, 5.41) is 14.6. The topological polar surface area (TPSA) is 81.9 Å². The van der Waals surface area contributed by atoms with Crippen molar-refractivity contribution in [3.8, 4) is 17.0 Å². The lowest BCUT2D eigenvalue weighted by Gasteiger charge is -2.15. The molecule has 0 radical (unpaired) electrons. The minimum absolute atomic E-state index is 0.155. The number of benzene rings is 2. The van der Waals surface area contributed by atoms with Crippen molar-refractivity contribution in [1.29, 1.82) is 0 Å². The first-order valence-corrected chi connectivity index (χ1v) is 12.6. The van der Waals surface area contributed by atoms with E-state index in [9.17, 15) is 4.79 Å². The molecule has 9 heteroatoms. The SMILES string of the molecule is C=CCn1c(SCC(=O)Nc2nc(-c3ccc(C)cc3)cs2)nnc1C(C)Oc1ccccc1. The number of nitrogens with one attached hydrogen (secondary N) is 1. The third kappa shape index (κ3) is 5.92. The van der Waals surface area contributed by atoms with Crippen LogP contribution in [0.1, 0.15) is 24.4 Å². The second-order valence-corrected chi connectivity index (χ2v) is 9.35. The summed E-state index contributed by atoms with van der Waals surface area (Å²) >= 11 is 2.72. The van der Waals surface area contributed by atoms with Crippen molar-refractivity contribution < 1.29 is 9.53 Å². The number of amides is 1. The van der Waals surface area contributed by atoms with E-state index in [-0.39, 0.29) is 17.8 Å². The van der Waals surface area contributed by atoms with E-state index in [1.807, 2.05) is 78.4 Å². The average molecular weight is 492 g/mol. The quantitative estimate of drug-likeness (QED) is 0.224.